The molecule has 51 valence electrons. The quantitative estimate of drug-likeness (QED) is 0.470. The standard InChI is InChI=1S/C10H5S/c1-2-4-8-7(3-1)9-5-11-6-10(8)9/h1-5H. The van der Waals surface area contributed by atoms with Crippen LogP contribution in [0.15, 0.2) is 29.6 Å². The van der Waals surface area contributed by atoms with Gasteiger partial charge in [0.15, 0.2) is 0 Å². The van der Waals surface area contributed by atoms with E-state index in [-0.39, 0.29) is 0 Å². The van der Waals surface area contributed by atoms with Gasteiger partial charge >= 0.3 is 0 Å². The molecule has 0 saturated carbocycles. The first-order valence-corrected chi connectivity index (χ1v) is 4.44. The van der Waals surface area contributed by atoms with Gasteiger partial charge in [-0.15, -0.1) is 11.3 Å². The van der Waals surface area contributed by atoms with Crippen LogP contribution in [0, 0.1) is 5.38 Å². The molecule has 0 N–H and O–H groups in total. The minimum absolute atomic E-state index is 1.31. The minimum Gasteiger partial charge on any atom is -0.142 e. The maximum absolute atomic E-state index is 3.25. The third-order valence-electron chi connectivity index (χ3n) is 2.09. The van der Waals surface area contributed by atoms with Gasteiger partial charge in [-0.3, -0.25) is 0 Å². The van der Waals surface area contributed by atoms with E-state index in [1.165, 1.54) is 22.3 Å². The van der Waals surface area contributed by atoms with Crippen LogP contribution in [-0.2, 0) is 0 Å². The molecule has 0 aliphatic heterocycles. The number of hydrogen-bond acceptors (Lipinski definition) is 1. The topological polar surface area (TPSA) is 0 Å². The van der Waals surface area contributed by atoms with Crippen LogP contribution in [-0.4, -0.2) is 0 Å². The van der Waals surface area contributed by atoms with Crippen LogP contribution >= 0.6 is 11.3 Å². The summed E-state index contributed by atoms with van der Waals surface area (Å²) >= 11 is 1.66. The fraction of sp³-hybridized carbons (Fsp3) is 0. The lowest BCUT2D eigenvalue weighted by Gasteiger charge is -2.18. The van der Waals surface area contributed by atoms with Gasteiger partial charge in [0, 0.05) is 11.1 Å². The second-order valence-corrected chi connectivity index (χ2v) is 3.35. The van der Waals surface area contributed by atoms with Gasteiger partial charge in [-0.25, -0.2) is 0 Å². The van der Waals surface area contributed by atoms with E-state index in [1.54, 1.807) is 11.3 Å². The smallest absolute Gasteiger partial charge is 0.0534 e. The largest absolute Gasteiger partial charge is 0.142 e. The number of thiophene rings is 1. The fourth-order valence-corrected chi connectivity index (χ4v) is 2.29. The summed E-state index contributed by atoms with van der Waals surface area (Å²) in [7, 11) is 0. The highest BCUT2D eigenvalue weighted by molar-refractivity contribution is 7.08. The van der Waals surface area contributed by atoms with Gasteiger partial charge in [-0.05, 0) is 16.5 Å². The second kappa shape index (κ2) is 1.74. The molecule has 1 heterocycles. The van der Waals surface area contributed by atoms with Crippen molar-refractivity contribution in [3.05, 3.63) is 35.0 Å². The Labute approximate surface area is 69.1 Å². The lowest BCUT2D eigenvalue weighted by molar-refractivity contribution is 1.58. The molecule has 0 atom stereocenters. The molecule has 0 amide bonds. The van der Waals surface area contributed by atoms with Gasteiger partial charge in [0.1, 0.15) is 0 Å². The average Bonchev–Trinajstić information content (AvgIpc) is 2.44. The summed E-state index contributed by atoms with van der Waals surface area (Å²) in [6.45, 7) is 0. The van der Waals surface area contributed by atoms with Gasteiger partial charge < -0.3 is 0 Å². The van der Waals surface area contributed by atoms with Crippen molar-refractivity contribution in [2.75, 3.05) is 0 Å². The van der Waals surface area contributed by atoms with Crippen molar-refractivity contribution in [2.24, 2.45) is 0 Å². The number of benzene rings is 1. The molecule has 2 aromatic rings. The zero-order valence-electron chi connectivity index (χ0n) is 5.79. The van der Waals surface area contributed by atoms with Crippen LogP contribution in [0.4, 0.5) is 0 Å². The van der Waals surface area contributed by atoms with Crippen molar-refractivity contribution in [3.8, 4) is 22.3 Å². The highest BCUT2D eigenvalue weighted by Gasteiger charge is 2.21. The maximum Gasteiger partial charge on any atom is 0.0534 e. The Balaban J connectivity index is 2.38. The summed E-state index contributed by atoms with van der Waals surface area (Å²) in [6, 6.07) is 8.48. The highest BCUT2D eigenvalue weighted by atomic mass is 32.1. The molecule has 0 unspecified atom stereocenters. The molecule has 1 aromatic carbocycles. The maximum atomic E-state index is 3.25. The Hall–Kier alpha value is -1.08. The van der Waals surface area contributed by atoms with E-state index in [0.29, 0.717) is 0 Å². The fourth-order valence-electron chi connectivity index (χ4n) is 1.53. The number of fused-ring (bicyclic) bond motifs is 4. The normalized spacial score (nSPS) is 11.6. The summed E-state index contributed by atoms with van der Waals surface area (Å²) in [6.07, 6.45) is 0. The van der Waals surface area contributed by atoms with E-state index >= 15 is 0 Å². The van der Waals surface area contributed by atoms with E-state index in [2.05, 4.69) is 35.0 Å². The summed E-state index contributed by atoms with van der Waals surface area (Å²) in [4.78, 5) is 0. The minimum atomic E-state index is 1.31. The highest BCUT2D eigenvalue weighted by Crippen LogP contribution is 2.48. The monoisotopic (exact) mass is 157 g/mol. The molecule has 0 bridgehead atoms. The summed E-state index contributed by atoms with van der Waals surface area (Å²) in [5, 5.41) is 5.42. The summed E-state index contributed by atoms with van der Waals surface area (Å²) in [5.74, 6) is 0. The molecule has 0 spiro atoms. The molecule has 0 nitrogen and oxygen atoms in total. The van der Waals surface area contributed by atoms with Gasteiger partial charge in [0.2, 0.25) is 0 Å². The Morgan fingerprint density at radius 1 is 1.00 bits per heavy atom. The molecule has 1 heteroatoms. The molecule has 1 aliphatic rings. The second-order valence-electron chi connectivity index (χ2n) is 2.67. The number of rotatable bonds is 0. The van der Waals surface area contributed by atoms with Crippen molar-refractivity contribution >= 4 is 11.3 Å². The lowest BCUT2D eigenvalue weighted by atomic mass is 9.84. The van der Waals surface area contributed by atoms with E-state index in [0.717, 1.165) is 0 Å². The molecular formula is C10H5S. The summed E-state index contributed by atoms with van der Waals surface area (Å²) in [5.41, 5.74) is 5.44. The Morgan fingerprint density at radius 2 is 1.82 bits per heavy atom. The van der Waals surface area contributed by atoms with Crippen LogP contribution in [0.5, 0.6) is 0 Å². The van der Waals surface area contributed by atoms with Crippen LogP contribution in [0.2, 0.25) is 0 Å². The van der Waals surface area contributed by atoms with E-state index in [1.807, 2.05) is 0 Å². The summed E-state index contributed by atoms with van der Waals surface area (Å²) < 4.78 is 0. The number of hydrogen-bond donors (Lipinski definition) is 0. The van der Waals surface area contributed by atoms with Crippen LogP contribution < -0.4 is 0 Å². The SMILES string of the molecule is [c]1scc2c1-c1ccccc1-2. The molecular weight excluding hydrogens is 152 g/mol. The molecule has 3 rings (SSSR count). The molecule has 1 aromatic heterocycles. The van der Waals surface area contributed by atoms with E-state index in [9.17, 15) is 0 Å². The van der Waals surface area contributed by atoms with Gasteiger partial charge in [0.05, 0.1) is 5.38 Å². The first kappa shape index (κ1) is 5.56. The molecule has 0 saturated heterocycles. The zero-order valence-corrected chi connectivity index (χ0v) is 6.61. The first-order chi connectivity index (χ1) is 5.47. The Morgan fingerprint density at radius 3 is 2.73 bits per heavy atom. The molecule has 1 radical (unpaired) electrons. The van der Waals surface area contributed by atoms with Crippen LogP contribution in [0.1, 0.15) is 0 Å². The van der Waals surface area contributed by atoms with E-state index in [4.69, 9.17) is 0 Å². The Bertz CT molecular complexity index is 375. The van der Waals surface area contributed by atoms with Crippen molar-refractivity contribution < 1.29 is 0 Å². The van der Waals surface area contributed by atoms with Crippen molar-refractivity contribution in [3.63, 3.8) is 0 Å². The zero-order chi connectivity index (χ0) is 7.26. The van der Waals surface area contributed by atoms with Crippen LogP contribution in [0.3, 0.4) is 0 Å². The third kappa shape index (κ3) is 0.548. The van der Waals surface area contributed by atoms with Gasteiger partial charge in [-0.2, -0.15) is 0 Å². The van der Waals surface area contributed by atoms with E-state index < -0.39 is 0 Å². The predicted molar refractivity (Wildman–Crippen MR) is 47.6 cm³/mol. The lowest BCUT2D eigenvalue weighted by Crippen LogP contribution is -1.92. The predicted octanol–water partition coefficient (Wildman–Crippen LogP) is 3.20. The van der Waals surface area contributed by atoms with Crippen molar-refractivity contribution in [2.45, 2.75) is 0 Å². The van der Waals surface area contributed by atoms with Gasteiger partial charge in [-0.1, -0.05) is 24.3 Å². The molecule has 1 aliphatic carbocycles. The van der Waals surface area contributed by atoms with Gasteiger partial charge in [0.25, 0.3) is 0 Å². The van der Waals surface area contributed by atoms with Crippen molar-refractivity contribution in [1.29, 1.82) is 0 Å². The molecule has 0 fully saturated rings. The first-order valence-electron chi connectivity index (χ1n) is 3.56. The third-order valence-corrected chi connectivity index (χ3v) is 2.77. The van der Waals surface area contributed by atoms with Crippen LogP contribution in [0.25, 0.3) is 22.3 Å². The average molecular weight is 157 g/mol. The Kier molecular flexibility index (Phi) is 0.880. The molecule has 11 heavy (non-hydrogen) atoms. The van der Waals surface area contributed by atoms with Crippen molar-refractivity contribution in [1.82, 2.24) is 0 Å².